The molecule has 0 spiro atoms. The summed E-state index contributed by atoms with van der Waals surface area (Å²) in [4.78, 5) is 16.8. The minimum absolute atomic E-state index is 0.136. The van der Waals surface area contributed by atoms with Gasteiger partial charge < -0.3 is 5.32 Å². The van der Waals surface area contributed by atoms with Crippen LogP contribution in [0.25, 0.3) is 16.9 Å². The van der Waals surface area contributed by atoms with Crippen molar-refractivity contribution in [3.8, 4) is 16.9 Å². The van der Waals surface area contributed by atoms with Gasteiger partial charge >= 0.3 is 0 Å². The number of aromatic nitrogens is 5. The first kappa shape index (κ1) is 20.2. The van der Waals surface area contributed by atoms with E-state index in [0.717, 1.165) is 22.4 Å². The average molecular weight is 441 g/mol. The largest absolute Gasteiger partial charge is 0.301 e. The Balaban J connectivity index is 1.41. The van der Waals surface area contributed by atoms with Crippen LogP contribution in [0.2, 0.25) is 0 Å². The van der Waals surface area contributed by atoms with Gasteiger partial charge in [-0.1, -0.05) is 30.0 Å². The molecule has 1 N–H and O–H groups in total. The number of benzene rings is 2. The minimum Gasteiger partial charge on any atom is -0.301 e. The predicted molar refractivity (Wildman–Crippen MR) is 115 cm³/mol. The number of carbonyl (C=O) groups excluding carboxylic acids is 1. The summed E-state index contributed by atoms with van der Waals surface area (Å²) in [6.45, 7) is 3.98. The summed E-state index contributed by atoms with van der Waals surface area (Å²) in [7, 11) is 0. The van der Waals surface area contributed by atoms with Gasteiger partial charge in [-0.25, -0.2) is 9.37 Å². The van der Waals surface area contributed by atoms with Gasteiger partial charge in [0, 0.05) is 10.9 Å². The van der Waals surface area contributed by atoms with E-state index in [0.29, 0.717) is 16.0 Å². The molecule has 30 heavy (non-hydrogen) atoms. The van der Waals surface area contributed by atoms with E-state index < -0.39 is 0 Å². The van der Waals surface area contributed by atoms with Crippen LogP contribution in [0.5, 0.6) is 0 Å². The number of hydrogen-bond donors (Lipinski definition) is 1. The van der Waals surface area contributed by atoms with Gasteiger partial charge in [-0.15, -0.1) is 16.4 Å². The third kappa shape index (κ3) is 4.39. The van der Waals surface area contributed by atoms with Gasteiger partial charge in [0.25, 0.3) is 0 Å². The lowest BCUT2D eigenvalue weighted by molar-refractivity contribution is -0.113. The lowest BCUT2D eigenvalue weighted by Gasteiger charge is -2.10. The molecule has 4 aromatic rings. The van der Waals surface area contributed by atoms with Crippen molar-refractivity contribution in [2.75, 3.05) is 11.1 Å². The van der Waals surface area contributed by atoms with E-state index >= 15 is 0 Å². The summed E-state index contributed by atoms with van der Waals surface area (Å²) >= 11 is 2.56. The number of thioether (sulfide) groups is 1. The van der Waals surface area contributed by atoms with Crippen molar-refractivity contribution in [1.29, 1.82) is 0 Å². The van der Waals surface area contributed by atoms with E-state index in [1.165, 1.54) is 35.2 Å². The zero-order chi connectivity index (χ0) is 21.1. The van der Waals surface area contributed by atoms with Gasteiger partial charge in [0.2, 0.25) is 11.1 Å². The zero-order valence-corrected chi connectivity index (χ0v) is 17.8. The van der Waals surface area contributed by atoms with Crippen LogP contribution in [-0.4, -0.2) is 36.9 Å². The first-order valence-corrected chi connectivity index (χ1v) is 10.9. The maximum atomic E-state index is 13.1. The van der Waals surface area contributed by atoms with Crippen molar-refractivity contribution in [1.82, 2.24) is 25.2 Å². The lowest BCUT2D eigenvalue weighted by atomic mass is 10.1. The van der Waals surface area contributed by atoms with Crippen molar-refractivity contribution >= 4 is 34.1 Å². The van der Waals surface area contributed by atoms with E-state index in [4.69, 9.17) is 0 Å². The smallest absolute Gasteiger partial charge is 0.236 e. The highest BCUT2D eigenvalue weighted by molar-refractivity contribution is 7.99. The van der Waals surface area contributed by atoms with Gasteiger partial charge in [-0.3, -0.25) is 4.79 Å². The standard InChI is InChI=1S/C20H17FN6OS2/c1-12-4-3-5-13(2)18(12)27-20(24-25-26-27)30-11-17(28)23-19-22-16(10-29-19)14-6-8-15(21)9-7-14/h3-10H,11H2,1-2H3,(H,22,23,28). The number of para-hydroxylation sites is 1. The lowest BCUT2D eigenvalue weighted by Crippen LogP contribution is -2.14. The van der Waals surface area contributed by atoms with Crippen molar-refractivity contribution < 1.29 is 9.18 Å². The number of thiazole rings is 1. The van der Waals surface area contributed by atoms with Crippen LogP contribution < -0.4 is 5.32 Å². The number of halogens is 1. The summed E-state index contributed by atoms with van der Waals surface area (Å²) in [6.07, 6.45) is 0. The Morgan fingerprint density at radius 1 is 1.17 bits per heavy atom. The van der Waals surface area contributed by atoms with Crippen LogP contribution in [-0.2, 0) is 4.79 Å². The second-order valence-electron chi connectivity index (χ2n) is 6.50. The van der Waals surface area contributed by atoms with E-state index in [1.807, 2.05) is 37.4 Å². The molecule has 0 aliphatic carbocycles. The van der Waals surface area contributed by atoms with Crippen LogP contribution in [0, 0.1) is 19.7 Å². The van der Waals surface area contributed by atoms with Crippen LogP contribution in [0.15, 0.2) is 53.0 Å². The van der Waals surface area contributed by atoms with Crippen LogP contribution in [0.1, 0.15) is 11.1 Å². The Hall–Kier alpha value is -3.11. The Labute approximate surface area is 180 Å². The number of nitrogens with zero attached hydrogens (tertiary/aromatic N) is 5. The quantitative estimate of drug-likeness (QED) is 0.451. The summed E-state index contributed by atoms with van der Waals surface area (Å²) in [5, 5.41) is 17.5. The Kier molecular flexibility index (Phi) is 5.86. The Bertz CT molecular complexity index is 1170. The molecular formula is C20H17FN6OS2. The second kappa shape index (κ2) is 8.72. The number of hydrogen-bond acceptors (Lipinski definition) is 7. The third-order valence-corrected chi connectivity index (χ3v) is 5.99. The summed E-state index contributed by atoms with van der Waals surface area (Å²) in [5.41, 5.74) is 4.47. The molecule has 0 aliphatic rings. The number of anilines is 1. The molecule has 7 nitrogen and oxygen atoms in total. The normalized spacial score (nSPS) is 10.9. The van der Waals surface area contributed by atoms with Gasteiger partial charge in [0.1, 0.15) is 5.82 Å². The molecule has 4 rings (SSSR count). The highest BCUT2D eigenvalue weighted by atomic mass is 32.2. The fourth-order valence-corrected chi connectivity index (χ4v) is 4.33. The van der Waals surface area contributed by atoms with Crippen molar-refractivity contribution in [2.45, 2.75) is 19.0 Å². The fourth-order valence-electron chi connectivity index (χ4n) is 2.92. The number of rotatable bonds is 6. The number of tetrazole rings is 1. The van der Waals surface area contributed by atoms with Crippen LogP contribution in [0.3, 0.4) is 0 Å². The van der Waals surface area contributed by atoms with Crippen LogP contribution >= 0.6 is 23.1 Å². The average Bonchev–Trinajstić information content (AvgIpc) is 3.37. The van der Waals surface area contributed by atoms with E-state index in [-0.39, 0.29) is 17.5 Å². The Morgan fingerprint density at radius 2 is 1.90 bits per heavy atom. The first-order chi connectivity index (χ1) is 14.5. The molecule has 0 fully saturated rings. The molecule has 0 radical (unpaired) electrons. The van der Waals surface area contributed by atoms with E-state index in [2.05, 4.69) is 25.8 Å². The molecule has 2 heterocycles. The molecule has 0 bridgehead atoms. The molecule has 0 saturated carbocycles. The molecule has 1 amide bonds. The molecule has 10 heteroatoms. The molecule has 0 aliphatic heterocycles. The topological polar surface area (TPSA) is 85.6 Å². The van der Waals surface area contributed by atoms with Crippen molar-refractivity contribution in [2.24, 2.45) is 0 Å². The monoisotopic (exact) mass is 440 g/mol. The zero-order valence-electron chi connectivity index (χ0n) is 16.2. The third-order valence-electron chi connectivity index (χ3n) is 4.32. The maximum Gasteiger partial charge on any atom is 0.236 e. The highest BCUT2D eigenvalue weighted by Gasteiger charge is 2.15. The fraction of sp³-hybridized carbons (Fsp3) is 0.150. The van der Waals surface area contributed by atoms with Gasteiger partial charge in [-0.2, -0.15) is 4.68 Å². The SMILES string of the molecule is Cc1cccc(C)c1-n1nnnc1SCC(=O)Nc1nc(-c2ccc(F)cc2)cs1. The van der Waals surface area contributed by atoms with Gasteiger partial charge in [0.05, 0.1) is 17.1 Å². The number of carbonyl (C=O) groups is 1. The van der Waals surface area contributed by atoms with Gasteiger partial charge in [-0.05, 0) is 59.7 Å². The number of aryl methyl sites for hydroxylation is 2. The Morgan fingerprint density at radius 3 is 2.63 bits per heavy atom. The maximum absolute atomic E-state index is 13.1. The molecule has 152 valence electrons. The molecule has 0 atom stereocenters. The molecule has 0 saturated heterocycles. The van der Waals surface area contributed by atoms with E-state index in [9.17, 15) is 9.18 Å². The molecule has 0 unspecified atom stereocenters. The number of nitrogens with one attached hydrogen (secondary N) is 1. The molecule has 2 aromatic carbocycles. The summed E-state index contributed by atoms with van der Waals surface area (Å²) in [6, 6.07) is 12.0. The predicted octanol–water partition coefficient (Wildman–Crippen LogP) is 4.27. The molecule has 2 aromatic heterocycles. The summed E-state index contributed by atoms with van der Waals surface area (Å²) in [5.74, 6) is -0.379. The highest BCUT2D eigenvalue weighted by Crippen LogP contribution is 2.26. The van der Waals surface area contributed by atoms with Crippen molar-refractivity contribution in [3.63, 3.8) is 0 Å². The van der Waals surface area contributed by atoms with Crippen LogP contribution in [0.4, 0.5) is 9.52 Å². The number of amides is 1. The molecular weight excluding hydrogens is 423 g/mol. The first-order valence-electron chi connectivity index (χ1n) is 9.00. The second-order valence-corrected chi connectivity index (χ2v) is 8.30. The minimum atomic E-state index is -0.303. The van der Waals surface area contributed by atoms with Crippen molar-refractivity contribution in [3.05, 3.63) is 64.8 Å². The summed E-state index contributed by atoms with van der Waals surface area (Å²) < 4.78 is 14.7. The van der Waals surface area contributed by atoms with E-state index in [1.54, 1.807) is 16.8 Å². The van der Waals surface area contributed by atoms with Gasteiger partial charge in [0.15, 0.2) is 5.13 Å².